The van der Waals surface area contributed by atoms with Gasteiger partial charge in [0.1, 0.15) is 10.1 Å². The highest BCUT2D eigenvalue weighted by Crippen LogP contribution is 2.37. The lowest BCUT2D eigenvalue weighted by Crippen LogP contribution is -2.35. The van der Waals surface area contributed by atoms with Crippen molar-refractivity contribution >= 4 is 16.0 Å². The summed E-state index contributed by atoms with van der Waals surface area (Å²) >= 11 is 0. The number of hydrogen-bond donors (Lipinski definition) is 2. The van der Waals surface area contributed by atoms with Gasteiger partial charge in [-0.15, -0.1) is 0 Å². The number of allylic oxidation sites excluding steroid dienone is 2. The van der Waals surface area contributed by atoms with Crippen molar-refractivity contribution in [1.29, 1.82) is 0 Å². The smallest absolute Gasteiger partial charge is 0.243 e. The van der Waals surface area contributed by atoms with Crippen LogP contribution in [0.2, 0.25) is 0 Å². The molecule has 0 aliphatic rings. The monoisotopic (exact) mass is 578 g/mol. The van der Waals surface area contributed by atoms with Gasteiger partial charge < -0.3 is 16.0 Å². The van der Waals surface area contributed by atoms with E-state index in [-0.39, 0.29) is 18.5 Å². The summed E-state index contributed by atoms with van der Waals surface area (Å²) in [4.78, 5) is 11.4. The van der Waals surface area contributed by atoms with Crippen LogP contribution in [0.3, 0.4) is 0 Å². The Kier molecular flexibility index (Phi) is 20.7. The quantitative estimate of drug-likeness (QED) is 0.0583. The molecule has 0 saturated carbocycles. The standard InChI is InChI=1S/C33H55NO4S.H3N/c1-5-7-8-9-10-11-12-13-14-15-16-17-18-19-20-21-24-30-25-22-26-31(29(30)3)33(4,39(36,37)38)27-23-28-34-32(35)6-2;/h6,13-14,22,25-26H,2,5,7-12,15-21,23-24,27-28H2,1,3-4H3,(H,34,35)(H,36,37,38);1H3/b14-13-;. The van der Waals surface area contributed by atoms with Gasteiger partial charge in [-0.3, -0.25) is 4.79 Å². The molecule has 0 radical (unpaired) electrons. The average molecular weight is 579 g/mol. The normalized spacial score (nSPS) is 13.1. The maximum Gasteiger partial charge on any atom is 0.243 e. The first-order valence-corrected chi connectivity index (χ1v) is 16.7. The number of amides is 1. The number of nitrogens with one attached hydrogen (secondary N) is 1. The van der Waals surface area contributed by atoms with Crippen LogP contribution in [0.5, 0.6) is 0 Å². The minimum atomic E-state index is -4.60. The number of aryl methyl sites for hydroxylation is 1. The molecule has 1 aromatic rings. The van der Waals surface area contributed by atoms with E-state index in [4.69, 9.17) is 0 Å². The van der Waals surface area contributed by atoms with E-state index in [0.29, 0.717) is 18.5 Å². The van der Waals surface area contributed by atoms with Crippen LogP contribution < -0.4 is 11.5 Å². The molecule has 5 N–H and O–H groups in total. The predicted molar refractivity (Wildman–Crippen MR) is 170 cm³/mol. The molecule has 1 rings (SSSR count). The number of carbonyl (C=O) groups excluding carboxylic acids is 1. The minimum absolute atomic E-state index is 0. The first-order valence-electron chi connectivity index (χ1n) is 15.3. The topological polar surface area (TPSA) is 123 Å². The summed E-state index contributed by atoms with van der Waals surface area (Å²) in [5.41, 5.74) is 2.58. The van der Waals surface area contributed by atoms with Gasteiger partial charge in [-0.2, -0.15) is 0 Å². The molecule has 1 unspecified atom stereocenters. The molecule has 7 heteroatoms. The lowest BCUT2D eigenvalue weighted by Gasteiger charge is -2.35. The van der Waals surface area contributed by atoms with Crippen molar-refractivity contribution in [2.45, 2.75) is 135 Å². The Hall–Kier alpha value is -1.96. The Morgan fingerprint density at radius 3 is 2.02 bits per heavy atom. The van der Waals surface area contributed by atoms with Gasteiger partial charge in [-0.05, 0) is 88.0 Å². The third kappa shape index (κ3) is 14.6. The highest BCUT2D eigenvalue weighted by molar-refractivity contribution is 7.86. The Morgan fingerprint density at radius 2 is 1.48 bits per heavy atom. The van der Waals surface area contributed by atoms with Gasteiger partial charge >= 0.3 is 0 Å². The van der Waals surface area contributed by atoms with E-state index >= 15 is 0 Å². The largest absolute Gasteiger partial charge is 0.747 e. The van der Waals surface area contributed by atoms with E-state index in [2.05, 4.69) is 31.0 Å². The number of unbranched alkanes of at least 4 members (excludes halogenated alkanes) is 12. The lowest BCUT2D eigenvalue weighted by molar-refractivity contribution is -0.116. The van der Waals surface area contributed by atoms with Crippen molar-refractivity contribution in [2.24, 2.45) is 0 Å². The molecule has 0 heterocycles. The number of rotatable bonds is 23. The maximum absolute atomic E-state index is 12.4. The summed E-state index contributed by atoms with van der Waals surface area (Å²) in [5, 5.41) is 2.65. The van der Waals surface area contributed by atoms with Crippen molar-refractivity contribution in [3.8, 4) is 0 Å². The zero-order chi connectivity index (χ0) is 29.0. The van der Waals surface area contributed by atoms with Crippen molar-refractivity contribution in [2.75, 3.05) is 6.54 Å². The fraction of sp³-hybridized carbons (Fsp3) is 0.667. The molecule has 40 heavy (non-hydrogen) atoms. The first-order chi connectivity index (χ1) is 18.7. The van der Waals surface area contributed by atoms with Crippen LogP contribution in [0.4, 0.5) is 0 Å². The van der Waals surface area contributed by atoms with Crippen molar-refractivity contribution in [1.82, 2.24) is 11.5 Å². The first kappa shape index (κ1) is 38.0. The summed E-state index contributed by atoms with van der Waals surface area (Å²) in [5.74, 6) is -0.310. The Labute approximate surface area is 245 Å². The van der Waals surface area contributed by atoms with Gasteiger partial charge in [0.2, 0.25) is 5.91 Å². The minimum Gasteiger partial charge on any atom is -0.747 e. The molecule has 0 fully saturated rings. The number of benzene rings is 1. The van der Waals surface area contributed by atoms with Crippen LogP contribution >= 0.6 is 0 Å². The molecule has 0 saturated heterocycles. The van der Waals surface area contributed by atoms with Gasteiger partial charge in [-0.1, -0.05) is 102 Å². The summed E-state index contributed by atoms with van der Waals surface area (Å²) < 4.78 is 35.5. The molecular formula is C33H58N2O4S. The van der Waals surface area contributed by atoms with Crippen LogP contribution in [0.1, 0.15) is 133 Å². The van der Waals surface area contributed by atoms with Gasteiger partial charge in [0.25, 0.3) is 0 Å². The van der Waals surface area contributed by atoms with Gasteiger partial charge in [0.05, 0.1) is 4.75 Å². The number of hydrogen-bond acceptors (Lipinski definition) is 4. The second-order valence-electron chi connectivity index (χ2n) is 11.1. The van der Waals surface area contributed by atoms with Crippen LogP contribution in [-0.4, -0.2) is 25.4 Å². The highest BCUT2D eigenvalue weighted by atomic mass is 32.2. The van der Waals surface area contributed by atoms with E-state index < -0.39 is 14.9 Å². The van der Waals surface area contributed by atoms with Gasteiger partial charge in [0, 0.05) is 6.54 Å². The molecule has 0 aliphatic carbocycles. The average Bonchev–Trinajstić information content (AvgIpc) is 2.90. The number of carbonyl (C=O) groups is 1. The molecule has 6 nitrogen and oxygen atoms in total. The van der Waals surface area contributed by atoms with Crippen LogP contribution in [0.15, 0.2) is 43.0 Å². The molecule has 1 atom stereocenters. The third-order valence-corrected chi connectivity index (χ3v) is 9.37. The Bertz CT molecular complexity index is 975. The van der Waals surface area contributed by atoms with E-state index in [1.54, 1.807) is 6.07 Å². The van der Waals surface area contributed by atoms with Gasteiger partial charge in [0.15, 0.2) is 0 Å². The molecular weight excluding hydrogens is 520 g/mol. The van der Waals surface area contributed by atoms with E-state index in [1.165, 1.54) is 90.0 Å². The molecule has 0 aromatic heterocycles. The van der Waals surface area contributed by atoms with E-state index in [9.17, 15) is 17.8 Å². The molecule has 230 valence electrons. The second-order valence-corrected chi connectivity index (χ2v) is 12.9. The van der Waals surface area contributed by atoms with Crippen molar-refractivity contribution < 1.29 is 17.8 Å². The summed E-state index contributed by atoms with van der Waals surface area (Å²) in [6.07, 6.45) is 25.0. The SMILES string of the molecule is C=CC(=O)NCCCC(C)(c1cccc(CCCCCCCC/C=C\CCCCCCCC)c1C)S(=O)(=O)[O-].[NH4+]. The predicted octanol–water partition coefficient (Wildman–Crippen LogP) is 8.79. The third-order valence-electron chi connectivity index (χ3n) is 7.84. The number of quaternary nitrogens is 1. The summed E-state index contributed by atoms with van der Waals surface area (Å²) in [6.45, 7) is 9.40. The van der Waals surface area contributed by atoms with Gasteiger partial charge in [-0.25, -0.2) is 8.42 Å². The molecule has 0 aliphatic heterocycles. The molecule has 1 aromatic carbocycles. The maximum atomic E-state index is 12.4. The van der Waals surface area contributed by atoms with E-state index in [1.807, 2.05) is 19.1 Å². The van der Waals surface area contributed by atoms with Crippen LogP contribution in [0, 0.1) is 6.92 Å². The summed E-state index contributed by atoms with van der Waals surface area (Å²) in [7, 11) is -4.60. The second kappa shape index (κ2) is 21.7. The Morgan fingerprint density at radius 1 is 0.925 bits per heavy atom. The fourth-order valence-electron chi connectivity index (χ4n) is 5.19. The highest BCUT2D eigenvalue weighted by Gasteiger charge is 2.35. The summed E-state index contributed by atoms with van der Waals surface area (Å²) in [6, 6.07) is 5.66. The zero-order valence-corrected chi connectivity index (χ0v) is 26.8. The van der Waals surface area contributed by atoms with E-state index in [0.717, 1.165) is 30.4 Å². The lowest BCUT2D eigenvalue weighted by atomic mass is 9.88. The zero-order valence-electron chi connectivity index (χ0n) is 25.9. The molecule has 0 bridgehead atoms. The molecule has 0 spiro atoms. The van der Waals surface area contributed by atoms with Crippen LogP contribution in [0.25, 0.3) is 0 Å². The molecule has 1 amide bonds. The van der Waals surface area contributed by atoms with Crippen molar-refractivity contribution in [3.63, 3.8) is 0 Å². The van der Waals surface area contributed by atoms with Crippen LogP contribution in [-0.2, 0) is 26.1 Å². The fourth-order valence-corrected chi connectivity index (χ4v) is 6.08. The Balaban J connectivity index is 0.0000152. The van der Waals surface area contributed by atoms with Crippen molar-refractivity contribution in [3.05, 3.63) is 59.7 Å².